The Bertz CT molecular complexity index is 221. The summed E-state index contributed by atoms with van der Waals surface area (Å²) in [6, 6.07) is 0. The van der Waals surface area contributed by atoms with Crippen LogP contribution in [0.4, 0.5) is 0 Å². The lowest BCUT2D eigenvalue weighted by Gasteiger charge is -2.25. The predicted octanol–water partition coefficient (Wildman–Crippen LogP) is 5.16. The van der Waals surface area contributed by atoms with Crippen molar-refractivity contribution >= 4 is 5.97 Å². The first kappa shape index (κ1) is 15.5. The molecule has 0 amide bonds. The van der Waals surface area contributed by atoms with E-state index in [2.05, 4.69) is 0 Å². The molecule has 1 aliphatic carbocycles. The van der Waals surface area contributed by atoms with E-state index in [9.17, 15) is 9.90 Å². The van der Waals surface area contributed by atoms with Crippen LogP contribution in [-0.4, -0.2) is 11.1 Å². The molecule has 0 unspecified atom stereocenters. The maximum absolute atomic E-state index is 11.4. The fraction of sp³-hybridized carbons (Fsp3) is 0.938. The molecule has 0 saturated heterocycles. The third-order valence-electron chi connectivity index (χ3n) is 4.47. The summed E-state index contributed by atoms with van der Waals surface area (Å²) in [5.74, 6) is -0.588. The molecule has 0 aliphatic heterocycles. The Morgan fingerprint density at radius 1 is 0.722 bits per heavy atom. The van der Waals surface area contributed by atoms with E-state index in [1.165, 1.54) is 57.8 Å². The van der Waals surface area contributed by atoms with Crippen LogP contribution >= 0.6 is 0 Å². The number of carboxylic acid groups (broad SMARTS) is 1. The zero-order valence-electron chi connectivity index (χ0n) is 12.0. The SMILES string of the molecule is CC1(C(=O)O)CCCCCCCCCCCCC1. The highest BCUT2D eigenvalue weighted by molar-refractivity contribution is 5.74. The summed E-state index contributed by atoms with van der Waals surface area (Å²) < 4.78 is 0. The second-order valence-corrected chi connectivity index (χ2v) is 6.25. The van der Waals surface area contributed by atoms with Crippen molar-refractivity contribution < 1.29 is 9.90 Å². The van der Waals surface area contributed by atoms with Gasteiger partial charge in [0.2, 0.25) is 0 Å². The second-order valence-electron chi connectivity index (χ2n) is 6.25. The third-order valence-corrected chi connectivity index (χ3v) is 4.47. The summed E-state index contributed by atoms with van der Waals surface area (Å²) >= 11 is 0. The zero-order valence-corrected chi connectivity index (χ0v) is 12.0. The van der Waals surface area contributed by atoms with Gasteiger partial charge in [-0.05, 0) is 19.8 Å². The van der Waals surface area contributed by atoms with Gasteiger partial charge in [0.1, 0.15) is 0 Å². The molecular formula is C16H30O2. The molecule has 0 radical (unpaired) electrons. The van der Waals surface area contributed by atoms with E-state index in [1.807, 2.05) is 6.92 Å². The minimum atomic E-state index is -0.588. The lowest BCUT2D eigenvalue weighted by atomic mass is 9.79. The Kier molecular flexibility index (Phi) is 7.38. The summed E-state index contributed by atoms with van der Waals surface area (Å²) in [4.78, 5) is 11.4. The van der Waals surface area contributed by atoms with Gasteiger partial charge in [-0.2, -0.15) is 0 Å². The highest BCUT2D eigenvalue weighted by Crippen LogP contribution is 2.32. The molecule has 0 aromatic carbocycles. The van der Waals surface area contributed by atoms with Crippen LogP contribution in [0.25, 0.3) is 0 Å². The third kappa shape index (κ3) is 5.88. The van der Waals surface area contributed by atoms with Crippen LogP contribution in [0.3, 0.4) is 0 Å². The summed E-state index contributed by atoms with van der Waals surface area (Å²) in [6.07, 6.45) is 15.7. The van der Waals surface area contributed by atoms with E-state index in [4.69, 9.17) is 0 Å². The first-order chi connectivity index (χ1) is 8.65. The normalized spacial score (nSPS) is 24.1. The van der Waals surface area contributed by atoms with E-state index >= 15 is 0 Å². The van der Waals surface area contributed by atoms with Crippen molar-refractivity contribution in [1.29, 1.82) is 0 Å². The maximum Gasteiger partial charge on any atom is 0.309 e. The molecule has 0 heterocycles. The molecular weight excluding hydrogens is 224 g/mol. The molecule has 106 valence electrons. The first-order valence-electron chi connectivity index (χ1n) is 7.88. The number of carboxylic acids is 1. The molecule has 0 aromatic rings. The van der Waals surface area contributed by atoms with E-state index in [0.29, 0.717) is 0 Å². The van der Waals surface area contributed by atoms with Gasteiger partial charge in [-0.3, -0.25) is 4.79 Å². The largest absolute Gasteiger partial charge is 0.481 e. The Balaban J connectivity index is 2.41. The quantitative estimate of drug-likeness (QED) is 0.701. The summed E-state index contributed by atoms with van der Waals surface area (Å²) in [6.45, 7) is 1.95. The average molecular weight is 254 g/mol. The van der Waals surface area contributed by atoms with Crippen LogP contribution < -0.4 is 0 Å². The number of hydrogen-bond donors (Lipinski definition) is 1. The minimum absolute atomic E-state index is 0.468. The summed E-state index contributed by atoms with van der Waals surface area (Å²) in [5.41, 5.74) is -0.468. The van der Waals surface area contributed by atoms with Crippen LogP contribution in [0, 0.1) is 5.41 Å². The summed E-state index contributed by atoms with van der Waals surface area (Å²) in [7, 11) is 0. The molecule has 0 spiro atoms. The molecule has 0 aromatic heterocycles. The second kappa shape index (κ2) is 8.55. The van der Waals surface area contributed by atoms with E-state index in [-0.39, 0.29) is 0 Å². The van der Waals surface area contributed by atoms with E-state index in [1.54, 1.807) is 0 Å². The van der Waals surface area contributed by atoms with Crippen molar-refractivity contribution in [1.82, 2.24) is 0 Å². The molecule has 0 atom stereocenters. The Hall–Kier alpha value is -0.530. The molecule has 2 nitrogen and oxygen atoms in total. The van der Waals surface area contributed by atoms with Gasteiger partial charge in [-0.15, -0.1) is 0 Å². The fourth-order valence-electron chi connectivity index (χ4n) is 2.96. The van der Waals surface area contributed by atoms with Gasteiger partial charge < -0.3 is 5.11 Å². The van der Waals surface area contributed by atoms with Gasteiger partial charge in [0.05, 0.1) is 5.41 Å². The van der Waals surface area contributed by atoms with Crippen molar-refractivity contribution in [3.63, 3.8) is 0 Å². The van der Waals surface area contributed by atoms with Crippen molar-refractivity contribution in [2.45, 2.75) is 90.4 Å². The average Bonchev–Trinajstić information content (AvgIpc) is 2.34. The lowest BCUT2D eigenvalue weighted by Crippen LogP contribution is -2.27. The van der Waals surface area contributed by atoms with Crippen molar-refractivity contribution in [3.8, 4) is 0 Å². The highest BCUT2D eigenvalue weighted by atomic mass is 16.4. The van der Waals surface area contributed by atoms with Crippen molar-refractivity contribution in [2.24, 2.45) is 5.41 Å². The number of rotatable bonds is 1. The minimum Gasteiger partial charge on any atom is -0.481 e. The van der Waals surface area contributed by atoms with Gasteiger partial charge in [0.15, 0.2) is 0 Å². The van der Waals surface area contributed by atoms with Gasteiger partial charge in [-0.1, -0.05) is 70.6 Å². The highest BCUT2D eigenvalue weighted by Gasteiger charge is 2.31. The smallest absolute Gasteiger partial charge is 0.309 e. The molecule has 1 fully saturated rings. The van der Waals surface area contributed by atoms with Crippen LogP contribution in [0.1, 0.15) is 90.4 Å². The summed E-state index contributed by atoms with van der Waals surface area (Å²) in [5, 5.41) is 9.40. The first-order valence-corrected chi connectivity index (χ1v) is 7.88. The zero-order chi connectivity index (χ0) is 13.3. The molecule has 18 heavy (non-hydrogen) atoms. The molecule has 2 heteroatoms. The standard InChI is InChI=1S/C16H30O2/c1-16(15(17)18)13-11-9-7-5-3-2-4-6-8-10-12-14-16/h2-14H2,1H3,(H,17,18). The van der Waals surface area contributed by atoms with Gasteiger partial charge in [-0.25, -0.2) is 0 Å². The molecule has 0 bridgehead atoms. The molecule has 1 rings (SSSR count). The monoisotopic (exact) mass is 254 g/mol. The Morgan fingerprint density at radius 3 is 1.28 bits per heavy atom. The van der Waals surface area contributed by atoms with Crippen molar-refractivity contribution in [2.75, 3.05) is 0 Å². The van der Waals surface area contributed by atoms with Crippen LogP contribution in [0.15, 0.2) is 0 Å². The van der Waals surface area contributed by atoms with Crippen LogP contribution in [0.2, 0.25) is 0 Å². The van der Waals surface area contributed by atoms with Crippen molar-refractivity contribution in [3.05, 3.63) is 0 Å². The molecule has 1 aliphatic rings. The molecule has 1 N–H and O–H groups in total. The van der Waals surface area contributed by atoms with E-state index < -0.39 is 11.4 Å². The maximum atomic E-state index is 11.4. The number of aliphatic carboxylic acids is 1. The van der Waals surface area contributed by atoms with Crippen LogP contribution in [-0.2, 0) is 4.79 Å². The van der Waals surface area contributed by atoms with Crippen LogP contribution in [0.5, 0.6) is 0 Å². The van der Waals surface area contributed by atoms with Gasteiger partial charge in [0, 0.05) is 0 Å². The topological polar surface area (TPSA) is 37.3 Å². The number of carbonyl (C=O) groups is 1. The van der Waals surface area contributed by atoms with Gasteiger partial charge >= 0.3 is 5.97 Å². The Labute approximate surface area is 112 Å². The fourth-order valence-corrected chi connectivity index (χ4v) is 2.96. The predicted molar refractivity (Wildman–Crippen MR) is 75.8 cm³/mol. The number of hydrogen-bond acceptors (Lipinski definition) is 1. The molecule has 1 saturated carbocycles. The Morgan fingerprint density at radius 2 is 1.00 bits per heavy atom. The van der Waals surface area contributed by atoms with E-state index in [0.717, 1.165) is 25.7 Å². The van der Waals surface area contributed by atoms with Gasteiger partial charge in [0.25, 0.3) is 0 Å². The lowest BCUT2D eigenvalue weighted by molar-refractivity contribution is -0.149.